The highest BCUT2D eigenvalue weighted by Crippen LogP contribution is 2.16. The predicted molar refractivity (Wildman–Crippen MR) is 42.9 cm³/mol. The number of pyridine rings is 1. The van der Waals surface area contributed by atoms with E-state index < -0.39 is 5.97 Å². The SMILES string of the molecule is Nc1cc(Br)cnc1C(=O)OF. The molecule has 2 N–H and O–H groups in total. The van der Waals surface area contributed by atoms with Crippen molar-refractivity contribution in [2.45, 2.75) is 0 Å². The zero-order valence-corrected chi connectivity index (χ0v) is 7.34. The van der Waals surface area contributed by atoms with Crippen LogP contribution in [-0.4, -0.2) is 11.0 Å². The minimum absolute atomic E-state index is 0.0621. The first-order chi connectivity index (χ1) is 5.65. The smallest absolute Gasteiger partial charge is 0.397 e. The second-order valence-corrected chi connectivity index (χ2v) is 2.87. The second-order valence-electron chi connectivity index (χ2n) is 1.96. The number of nitrogen functional groups attached to an aromatic ring is 1. The Morgan fingerprint density at radius 2 is 2.42 bits per heavy atom. The van der Waals surface area contributed by atoms with Gasteiger partial charge in [-0.3, -0.25) is 0 Å². The van der Waals surface area contributed by atoms with Crippen molar-refractivity contribution in [3.05, 3.63) is 22.4 Å². The monoisotopic (exact) mass is 234 g/mol. The molecule has 0 amide bonds. The van der Waals surface area contributed by atoms with E-state index in [1.54, 1.807) is 0 Å². The van der Waals surface area contributed by atoms with E-state index in [-0.39, 0.29) is 11.4 Å². The van der Waals surface area contributed by atoms with E-state index in [0.29, 0.717) is 4.47 Å². The van der Waals surface area contributed by atoms with Gasteiger partial charge in [0, 0.05) is 15.2 Å². The fraction of sp³-hybridized carbons (Fsp3) is 0. The van der Waals surface area contributed by atoms with Crippen molar-refractivity contribution in [3.8, 4) is 0 Å². The quantitative estimate of drug-likeness (QED) is 0.800. The van der Waals surface area contributed by atoms with Crippen molar-refractivity contribution in [3.63, 3.8) is 0 Å². The molecule has 1 rings (SSSR count). The Kier molecular flexibility index (Phi) is 2.59. The molecule has 0 saturated carbocycles. The number of nitrogens with zero attached hydrogens (tertiary/aromatic N) is 1. The molecule has 0 aromatic carbocycles. The lowest BCUT2D eigenvalue weighted by molar-refractivity contribution is -0.0792. The molecule has 0 aliphatic heterocycles. The summed E-state index contributed by atoms with van der Waals surface area (Å²) in [6.45, 7) is 0. The number of nitrogens with two attached hydrogens (primary N) is 1. The van der Waals surface area contributed by atoms with Gasteiger partial charge in [0.1, 0.15) is 0 Å². The number of aromatic nitrogens is 1. The first-order valence-corrected chi connectivity index (χ1v) is 3.68. The molecule has 1 heterocycles. The largest absolute Gasteiger partial charge is 0.399 e. The van der Waals surface area contributed by atoms with Gasteiger partial charge in [0.15, 0.2) is 5.69 Å². The summed E-state index contributed by atoms with van der Waals surface area (Å²) in [7, 11) is 0. The Labute approximate surface area is 75.6 Å². The summed E-state index contributed by atoms with van der Waals surface area (Å²) < 4.78 is 12.0. The molecular weight excluding hydrogens is 231 g/mol. The molecule has 12 heavy (non-hydrogen) atoms. The van der Waals surface area contributed by atoms with Crippen LogP contribution in [-0.2, 0) is 4.94 Å². The number of carbonyl (C=O) groups is 1. The Balaban J connectivity index is 3.09. The van der Waals surface area contributed by atoms with Crippen molar-refractivity contribution in [2.75, 3.05) is 5.73 Å². The molecular formula is C6H4BrFN2O2. The first-order valence-electron chi connectivity index (χ1n) is 2.89. The molecule has 0 bridgehead atoms. The molecule has 0 spiro atoms. The van der Waals surface area contributed by atoms with Crippen LogP contribution in [0.4, 0.5) is 10.2 Å². The molecule has 0 fully saturated rings. The van der Waals surface area contributed by atoms with Gasteiger partial charge < -0.3 is 5.73 Å². The summed E-state index contributed by atoms with van der Waals surface area (Å²) >= 11 is 3.08. The van der Waals surface area contributed by atoms with Crippen LogP contribution in [0.5, 0.6) is 0 Å². The van der Waals surface area contributed by atoms with Crippen molar-refractivity contribution in [1.82, 2.24) is 4.98 Å². The van der Waals surface area contributed by atoms with E-state index in [9.17, 15) is 9.32 Å². The van der Waals surface area contributed by atoms with Gasteiger partial charge in [-0.05, 0) is 22.0 Å². The fourth-order valence-corrected chi connectivity index (χ4v) is 1.01. The number of halogens is 2. The Morgan fingerprint density at radius 3 is 2.92 bits per heavy atom. The number of hydrogen-bond donors (Lipinski definition) is 1. The van der Waals surface area contributed by atoms with Crippen LogP contribution < -0.4 is 5.73 Å². The normalized spacial score (nSPS) is 9.50. The number of rotatable bonds is 1. The maximum Gasteiger partial charge on any atom is 0.399 e. The molecule has 0 saturated heterocycles. The lowest BCUT2D eigenvalue weighted by Crippen LogP contribution is -2.06. The molecule has 1 aromatic heterocycles. The van der Waals surface area contributed by atoms with E-state index in [4.69, 9.17) is 5.73 Å². The Hall–Kier alpha value is -1.17. The van der Waals surface area contributed by atoms with Crippen LogP contribution in [0, 0.1) is 0 Å². The van der Waals surface area contributed by atoms with Crippen LogP contribution in [0.15, 0.2) is 16.7 Å². The van der Waals surface area contributed by atoms with Gasteiger partial charge in [-0.25, -0.2) is 14.7 Å². The highest BCUT2D eigenvalue weighted by atomic mass is 79.9. The fourth-order valence-electron chi connectivity index (χ4n) is 0.662. The average molecular weight is 235 g/mol. The van der Waals surface area contributed by atoms with Gasteiger partial charge in [0.2, 0.25) is 0 Å². The summed E-state index contributed by atoms with van der Waals surface area (Å²) in [5, 5.41) is 0. The molecule has 0 aliphatic rings. The van der Waals surface area contributed by atoms with Gasteiger partial charge in [-0.15, -0.1) is 0 Å². The third-order valence-electron chi connectivity index (χ3n) is 1.15. The molecule has 64 valence electrons. The Morgan fingerprint density at radius 1 is 1.75 bits per heavy atom. The number of carbonyl (C=O) groups excluding carboxylic acids is 1. The summed E-state index contributed by atoms with van der Waals surface area (Å²) in [5.74, 6) is -1.19. The summed E-state index contributed by atoms with van der Waals surface area (Å²) in [6, 6.07) is 1.43. The van der Waals surface area contributed by atoms with Gasteiger partial charge in [-0.2, -0.15) is 0 Å². The maximum absolute atomic E-state index is 11.4. The lowest BCUT2D eigenvalue weighted by Gasteiger charge is -1.99. The number of anilines is 1. The van der Waals surface area contributed by atoms with E-state index >= 15 is 0 Å². The molecule has 0 atom stereocenters. The predicted octanol–water partition coefficient (Wildman–Crippen LogP) is 1.47. The minimum Gasteiger partial charge on any atom is -0.397 e. The van der Waals surface area contributed by atoms with E-state index in [2.05, 4.69) is 25.9 Å². The van der Waals surface area contributed by atoms with Crippen molar-refractivity contribution >= 4 is 27.6 Å². The lowest BCUT2D eigenvalue weighted by atomic mass is 10.3. The van der Waals surface area contributed by atoms with Gasteiger partial charge in [-0.1, -0.05) is 0 Å². The summed E-state index contributed by atoms with van der Waals surface area (Å²) in [5.41, 5.74) is 5.16. The zero-order valence-electron chi connectivity index (χ0n) is 5.75. The van der Waals surface area contributed by atoms with Crippen molar-refractivity contribution in [2.24, 2.45) is 0 Å². The third kappa shape index (κ3) is 1.70. The first kappa shape index (κ1) is 8.92. The highest BCUT2D eigenvalue weighted by Gasteiger charge is 2.13. The highest BCUT2D eigenvalue weighted by molar-refractivity contribution is 9.10. The van der Waals surface area contributed by atoms with Gasteiger partial charge in [0.25, 0.3) is 0 Å². The van der Waals surface area contributed by atoms with Crippen LogP contribution in [0.25, 0.3) is 0 Å². The van der Waals surface area contributed by atoms with Crippen molar-refractivity contribution in [1.29, 1.82) is 0 Å². The van der Waals surface area contributed by atoms with Crippen LogP contribution >= 0.6 is 15.9 Å². The Bertz CT molecular complexity index is 318. The average Bonchev–Trinajstić information content (AvgIpc) is 2.03. The van der Waals surface area contributed by atoms with Crippen LogP contribution in [0.1, 0.15) is 10.5 Å². The molecule has 0 aliphatic carbocycles. The number of hydrogen-bond acceptors (Lipinski definition) is 4. The van der Waals surface area contributed by atoms with Crippen LogP contribution in [0.2, 0.25) is 0 Å². The molecule has 4 nitrogen and oxygen atoms in total. The summed E-state index contributed by atoms with van der Waals surface area (Å²) in [4.78, 5) is 17.1. The van der Waals surface area contributed by atoms with Crippen LogP contribution in [0.3, 0.4) is 0 Å². The topological polar surface area (TPSA) is 65.2 Å². The maximum atomic E-state index is 11.4. The van der Waals surface area contributed by atoms with Gasteiger partial charge in [0.05, 0.1) is 5.69 Å². The van der Waals surface area contributed by atoms with Gasteiger partial charge >= 0.3 is 5.97 Å². The summed E-state index contributed by atoms with van der Waals surface area (Å²) in [6.07, 6.45) is 1.32. The van der Waals surface area contributed by atoms with E-state index in [1.165, 1.54) is 12.3 Å². The second kappa shape index (κ2) is 3.48. The molecule has 0 unspecified atom stereocenters. The third-order valence-corrected chi connectivity index (χ3v) is 1.58. The van der Waals surface area contributed by atoms with Crippen molar-refractivity contribution < 1.29 is 14.3 Å². The molecule has 0 radical (unpaired) electrons. The molecule has 1 aromatic rings. The van der Waals surface area contributed by atoms with E-state index in [0.717, 1.165) is 0 Å². The minimum atomic E-state index is -1.19. The molecule has 6 heteroatoms. The zero-order chi connectivity index (χ0) is 9.14. The standard InChI is InChI=1S/C6H4BrFN2O2/c7-3-1-4(9)5(10-2-3)6(11)12-8/h1-2H,9H2. The van der Waals surface area contributed by atoms with E-state index in [1.807, 2.05) is 0 Å².